The third-order valence-corrected chi connectivity index (χ3v) is 5.27. The van der Waals surface area contributed by atoms with Crippen molar-refractivity contribution in [3.8, 4) is 5.75 Å². The molecule has 0 unspecified atom stereocenters. The van der Waals surface area contributed by atoms with Gasteiger partial charge in [0.25, 0.3) is 0 Å². The molecule has 0 saturated carbocycles. The number of benzene rings is 2. The molecule has 0 amide bonds. The van der Waals surface area contributed by atoms with Crippen molar-refractivity contribution >= 4 is 21.9 Å². The van der Waals surface area contributed by atoms with Crippen LogP contribution in [0.1, 0.15) is 18.1 Å². The Morgan fingerprint density at radius 1 is 1.04 bits per heavy atom. The van der Waals surface area contributed by atoms with E-state index in [1.54, 1.807) is 43.3 Å². The summed E-state index contributed by atoms with van der Waals surface area (Å²) in [6.07, 6.45) is 1.31. The molecule has 0 N–H and O–H groups in total. The Hall–Kier alpha value is -2.60. The van der Waals surface area contributed by atoms with Crippen molar-refractivity contribution < 1.29 is 22.7 Å². The quantitative estimate of drug-likeness (QED) is 0.583. The number of hydrogen-bond acceptors (Lipinski definition) is 5. The van der Waals surface area contributed by atoms with Gasteiger partial charge >= 0.3 is 5.97 Å². The lowest BCUT2D eigenvalue weighted by molar-refractivity contribution is -0.137. The zero-order valence-corrected chi connectivity index (χ0v) is 15.2. The van der Waals surface area contributed by atoms with Crippen LogP contribution in [0.15, 0.2) is 58.3 Å². The average Bonchev–Trinajstić information content (AvgIpc) is 2.60. The minimum absolute atomic E-state index is 0.0471. The third-order valence-electron chi connectivity index (χ3n) is 3.51. The number of sulfone groups is 1. The lowest BCUT2D eigenvalue weighted by atomic mass is 10.2. The van der Waals surface area contributed by atoms with Crippen LogP contribution in [0.25, 0.3) is 6.08 Å². The van der Waals surface area contributed by atoms with E-state index in [2.05, 4.69) is 0 Å². The highest BCUT2D eigenvalue weighted by Crippen LogP contribution is 2.24. The minimum atomic E-state index is -4.00. The fraction of sp³-hybridized carbons (Fsp3) is 0.211. The number of carbonyl (C=O) groups is 1. The summed E-state index contributed by atoms with van der Waals surface area (Å²) in [6, 6.07) is 13.0. The van der Waals surface area contributed by atoms with Crippen LogP contribution in [-0.2, 0) is 19.4 Å². The highest BCUT2D eigenvalue weighted by atomic mass is 32.2. The van der Waals surface area contributed by atoms with Gasteiger partial charge in [0.2, 0.25) is 9.84 Å². The number of ether oxygens (including phenoxy) is 2. The average molecular weight is 360 g/mol. The van der Waals surface area contributed by atoms with Gasteiger partial charge in [0.1, 0.15) is 5.75 Å². The molecule has 2 rings (SSSR count). The molecule has 0 heterocycles. The van der Waals surface area contributed by atoms with Gasteiger partial charge in [-0.15, -0.1) is 0 Å². The topological polar surface area (TPSA) is 69.7 Å². The van der Waals surface area contributed by atoms with Gasteiger partial charge in [0.15, 0.2) is 4.91 Å². The third kappa shape index (κ3) is 4.48. The van der Waals surface area contributed by atoms with Gasteiger partial charge < -0.3 is 9.47 Å². The van der Waals surface area contributed by atoms with Crippen molar-refractivity contribution in [2.75, 3.05) is 13.7 Å². The Kier molecular flexibility index (Phi) is 5.98. The second-order valence-electron chi connectivity index (χ2n) is 5.32. The zero-order chi connectivity index (χ0) is 18.4. The lowest BCUT2D eigenvalue weighted by Gasteiger charge is -2.09. The molecule has 0 saturated heterocycles. The van der Waals surface area contributed by atoms with Crippen molar-refractivity contribution in [1.29, 1.82) is 0 Å². The largest absolute Gasteiger partial charge is 0.497 e. The van der Waals surface area contributed by atoms with E-state index in [-0.39, 0.29) is 11.5 Å². The van der Waals surface area contributed by atoms with Gasteiger partial charge in [-0.05, 0) is 49.8 Å². The van der Waals surface area contributed by atoms with Crippen LogP contribution < -0.4 is 4.74 Å². The number of hydrogen-bond donors (Lipinski definition) is 0. The first-order valence-electron chi connectivity index (χ1n) is 7.73. The van der Waals surface area contributed by atoms with Crippen molar-refractivity contribution in [3.63, 3.8) is 0 Å². The maximum Gasteiger partial charge on any atom is 0.350 e. The molecule has 0 bridgehead atoms. The Morgan fingerprint density at radius 2 is 1.64 bits per heavy atom. The van der Waals surface area contributed by atoms with Crippen LogP contribution in [0, 0.1) is 6.92 Å². The van der Waals surface area contributed by atoms with E-state index in [0.717, 1.165) is 5.56 Å². The predicted molar refractivity (Wildman–Crippen MR) is 96.0 cm³/mol. The summed E-state index contributed by atoms with van der Waals surface area (Å²) < 4.78 is 35.8. The molecule has 5 nitrogen and oxygen atoms in total. The van der Waals surface area contributed by atoms with E-state index in [9.17, 15) is 13.2 Å². The minimum Gasteiger partial charge on any atom is -0.497 e. The molecule has 0 radical (unpaired) electrons. The highest BCUT2D eigenvalue weighted by Gasteiger charge is 2.28. The number of rotatable bonds is 6. The molecular weight excluding hydrogens is 340 g/mol. The van der Waals surface area contributed by atoms with Gasteiger partial charge in [-0.2, -0.15) is 0 Å². The van der Waals surface area contributed by atoms with Crippen molar-refractivity contribution in [1.82, 2.24) is 0 Å². The second-order valence-corrected chi connectivity index (χ2v) is 7.24. The van der Waals surface area contributed by atoms with Crippen molar-refractivity contribution in [2.24, 2.45) is 0 Å². The molecule has 0 atom stereocenters. The monoisotopic (exact) mass is 360 g/mol. The molecule has 2 aromatic carbocycles. The molecule has 2 aromatic rings. The molecule has 132 valence electrons. The molecule has 0 aliphatic rings. The molecule has 0 aliphatic heterocycles. The maximum atomic E-state index is 12.9. The van der Waals surface area contributed by atoms with Gasteiger partial charge in [-0.25, -0.2) is 13.2 Å². The number of methoxy groups -OCH3 is 1. The van der Waals surface area contributed by atoms with E-state index in [1.807, 2.05) is 6.92 Å². The summed E-state index contributed by atoms with van der Waals surface area (Å²) in [5, 5.41) is 0. The SMILES string of the molecule is CCOC(=O)/C(=C\c1ccc(OC)cc1)S(=O)(=O)c1ccc(C)cc1. The normalized spacial score (nSPS) is 11.9. The lowest BCUT2D eigenvalue weighted by Crippen LogP contribution is -2.16. The van der Waals surface area contributed by atoms with Crippen LogP contribution in [0.3, 0.4) is 0 Å². The summed E-state index contributed by atoms with van der Waals surface area (Å²) in [5.41, 5.74) is 1.48. The van der Waals surface area contributed by atoms with Crippen LogP contribution in [0.2, 0.25) is 0 Å². The predicted octanol–water partition coefficient (Wildman–Crippen LogP) is 3.38. The van der Waals surface area contributed by atoms with E-state index in [4.69, 9.17) is 9.47 Å². The smallest absolute Gasteiger partial charge is 0.350 e. The standard InChI is InChI=1S/C19H20O5S/c1-4-24-19(20)18(13-15-7-9-16(23-3)10-8-15)25(21,22)17-11-5-14(2)6-12-17/h5-13H,4H2,1-3H3/b18-13+. The molecule has 0 aromatic heterocycles. The summed E-state index contributed by atoms with van der Waals surface area (Å²) >= 11 is 0. The number of carbonyl (C=O) groups excluding carboxylic acids is 1. The first-order chi connectivity index (χ1) is 11.9. The molecule has 6 heteroatoms. The summed E-state index contributed by atoms with van der Waals surface area (Å²) in [4.78, 5) is 11.9. The Balaban J connectivity index is 2.52. The number of esters is 1. The second kappa shape index (κ2) is 7.98. The van der Waals surface area contributed by atoms with Crippen molar-refractivity contribution in [3.05, 3.63) is 64.6 Å². The van der Waals surface area contributed by atoms with Crippen LogP contribution >= 0.6 is 0 Å². The molecule has 0 fully saturated rings. The van der Waals surface area contributed by atoms with E-state index in [1.165, 1.54) is 25.3 Å². The summed E-state index contributed by atoms with van der Waals surface area (Å²) in [7, 11) is -2.46. The van der Waals surface area contributed by atoms with E-state index < -0.39 is 20.7 Å². The summed E-state index contributed by atoms with van der Waals surface area (Å²) in [5.74, 6) is -0.241. The molecule has 0 aliphatic carbocycles. The van der Waals surface area contributed by atoms with Crippen molar-refractivity contribution in [2.45, 2.75) is 18.7 Å². The summed E-state index contributed by atoms with van der Waals surface area (Å²) in [6.45, 7) is 3.57. The molecular formula is C19H20O5S. The van der Waals surface area contributed by atoms with Crippen LogP contribution in [-0.4, -0.2) is 28.1 Å². The van der Waals surface area contributed by atoms with Gasteiger partial charge in [-0.1, -0.05) is 29.8 Å². The van der Waals surface area contributed by atoms with Crippen LogP contribution in [0.5, 0.6) is 5.75 Å². The van der Waals surface area contributed by atoms with E-state index >= 15 is 0 Å². The Bertz CT molecular complexity index is 863. The van der Waals surface area contributed by atoms with Gasteiger partial charge in [-0.3, -0.25) is 0 Å². The first-order valence-corrected chi connectivity index (χ1v) is 9.21. The maximum absolute atomic E-state index is 12.9. The van der Waals surface area contributed by atoms with Gasteiger partial charge in [0.05, 0.1) is 18.6 Å². The van der Waals surface area contributed by atoms with E-state index in [0.29, 0.717) is 11.3 Å². The fourth-order valence-corrected chi connectivity index (χ4v) is 3.46. The van der Waals surface area contributed by atoms with Gasteiger partial charge in [0, 0.05) is 0 Å². The number of aryl methyl sites for hydroxylation is 1. The molecule has 0 spiro atoms. The first kappa shape index (κ1) is 18.7. The molecule has 25 heavy (non-hydrogen) atoms. The Labute approximate surface area is 147 Å². The highest BCUT2D eigenvalue weighted by molar-refractivity contribution is 7.96. The zero-order valence-electron chi connectivity index (χ0n) is 14.4. The fourth-order valence-electron chi connectivity index (χ4n) is 2.14. The van der Waals surface area contributed by atoms with Crippen LogP contribution in [0.4, 0.5) is 0 Å². The Morgan fingerprint density at radius 3 is 2.16 bits per heavy atom.